The van der Waals surface area contributed by atoms with Crippen LogP contribution in [0.5, 0.6) is 0 Å². The van der Waals surface area contributed by atoms with Gasteiger partial charge in [-0.25, -0.2) is 12.7 Å². The van der Waals surface area contributed by atoms with E-state index in [1.165, 1.54) is 4.31 Å². The second-order valence-electron chi connectivity index (χ2n) is 7.12. The fourth-order valence-electron chi connectivity index (χ4n) is 3.65. The van der Waals surface area contributed by atoms with Crippen LogP contribution in [0.25, 0.3) is 6.08 Å². The average molecular weight is 406 g/mol. The van der Waals surface area contributed by atoms with Gasteiger partial charge in [-0.15, -0.1) is 0 Å². The summed E-state index contributed by atoms with van der Waals surface area (Å²) in [5.74, 6) is 0. The quantitative estimate of drug-likeness (QED) is 0.590. The number of anilines is 1. The van der Waals surface area contributed by atoms with Crippen LogP contribution in [0, 0.1) is 6.92 Å². The standard InChI is InChI=1S/C24H23NO3S/c1-18-12-14-21(15-13-18)29(26,27)25-20(16-19-8-4-3-5-9-19)17-24(28-2)22-10-6-7-11-23(22)25/h3-16,24H,17H2,1-2H3/b20-16+. The molecule has 0 fully saturated rings. The number of sulfonamides is 1. The van der Waals surface area contributed by atoms with Crippen LogP contribution in [0.2, 0.25) is 0 Å². The minimum atomic E-state index is -3.78. The number of rotatable bonds is 4. The third kappa shape index (κ3) is 3.71. The van der Waals surface area contributed by atoms with Crippen LogP contribution in [0.4, 0.5) is 5.69 Å². The Labute approximate surface area is 172 Å². The molecule has 0 N–H and O–H groups in total. The first-order valence-electron chi connectivity index (χ1n) is 9.50. The van der Waals surface area contributed by atoms with Crippen LogP contribution in [0.3, 0.4) is 0 Å². The highest BCUT2D eigenvalue weighted by atomic mass is 32.2. The number of nitrogens with zero attached hydrogens (tertiary/aromatic N) is 1. The molecule has 148 valence electrons. The molecule has 0 bridgehead atoms. The van der Waals surface area contributed by atoms with E-state index < -0.39 is 10.0 Å². The van der Waals surface area contributed by atoms with Crippen LogP contribution in [0.15, 0.2) is 89.5 Å². The van der Waals surface area contributed by atoms with Crippen molar-refractivity contribution in [1.82, 2.24) is 0 Å². The second kappa shape index (κ2) is 7.85. The van der Waals surface area contributed by atoms with Crippen LogP contribution in [-0.2, 0) is 14.8 Å². The highest BCUT2D eigenvalue weighted by molar-refractivity contribution is 7.93. The van der Waals surface area contributed by atoms with Crippen molar-refractivity contribution < 1.29 is 13.2 Å². The average Bonchev–Trinajstić information content (AvgIpc) is 2.74. The summed E-state index contributed by atoms with van der Waals surface area (Å²) in [6.07, 6.45) is 2.19. The van der Waals surface area contributed by atoms with E-state index in [1.807, 2.05) is 79.7 Å². The van der Waals surface area contributed by atoms with Crippen LogP contribution < -0.4 is 4.31 Å². The first-order valence-corrected chi connectivity index (χ1v) is 10.9. The van der Waals surface area contributed by atoms with E-state index in [0.29, 0.717) is 17.8 Å². The van der Waals surface area contributed by atoms with E-state index in [1.54, 1.807) is 19.2 Å². The molecule has 1 atom stereocenters. The summed E-state index contributed by atoms with van der Waals surface area (Å²) < 4.78 is 34.6. The van der Waals surface area contributed by atoms with Gasteiger partial charge in [-0.1, -0.05) is 66.2 Å². The van der Waals surface area contributed by atoms with Gasteiger partial charge in [-0.3, -0.25) is 0 Å². The van der Waals surface area contributed by atoms with E-state index in [-0.39, 0.29) is 11.0 Å². The number of benzene rings is 3. The summed E-state index contributed by atoms with van der Waals surface area (Å²) in [5.41, 5.74) is 4.15. The van der Waals surface area contributed by atoms with Gasteiger partial charge in [0.2, 0.25) is 0 Å². The van der Waals surface area contributed by atoms with Crippen molar-refractivity contribution in [2.75, 3.05) is 11.4 Å². The lowest BCUT2D eigenvalue weighted by Gasteiger charge is -2.36. The monoisotopic (exact) mass is 405 g/mol. The van der Waals surface area contributed by atoms with Crippen LogP contribution >= 0.6 is 0 Å². The Kier molecular flexibility index (Phi) is 5.26. The zero-order chi connectivity index (χ0) is 20.4. The highest BCUT2D eigenvalue weighted by Gasteiger charge is 2.36. The first kappa shape index (κ1) is 19.4. The van der Waals surface area contributed by atoms with Crippen LogP contribution in [-0.4, -0.2) is 15.5 Å². The van der Waals surface area contributed by atoms with Gasteiger partial charge in [0.1, 0.15) is 0 Å². The molecule has 0 aliphatic carbocycles. The largest absolute Gasteiger partial charge is 0.376 e. The minimum absolute atomic E-state index is 0.203. The number of hydrogen-bond donors (Lipinski definition) is 0. The third-order valence-electron chi connectivity index (χ3n) is 5.13. The van der Waals surface area contributed by atoms with Gasteiger partial charge in [0, 0.05) is 24.8 Å². The predicted octanol–water partition coefficient (Wildman–Crippen LogP) is 5.32. The molecule has 5 heteroatoms. The van der Waals surface area contributed by atoms with E-state index >= 15 is 0 Å². The molecule has 1 aliphatic heterocycles. The Bertz CT molecular complexity index is 1140. The molecule has 3 aromatic carbocycles. The summed E-state index contributed by atoms with van der Waals surface area (Å²) in [7, 11) is -2.13. The zero-order valence-corrected chi connectivity index (χ0v) is 17.3. The first-order chi connectivity index (χ1) is 14.0. The van der Waals surface area contributed by atoms with Crippen molar-refractivity contribution >= 4 is 21.8 Å². The lowest BCUT2D eigenvalue weighted by molar-refractivity contribution is 0.102. The third-order valence-corrected chi connectivity index (χ3v) is 6.91. The normalized spacial score (nSPS) is 17.9. The molecule has 0 aromatic heterocycles. The maximum atomic E-state index is 13.7. The molecule has 0 saturated carbocycles. The van der Waals surface area contributed by atoms with Crippen molar-refractivity contribution in [1.29, 1.82) is 0 Å². The summed E-state index contributed by atoms with van der Waals surface area (Å²) >= 11 is 0. The number of methoxy groups -OCH3 is 1. The zero-order valence-electron chi connectivity index (χ0n) is 16.4. The van der Waals surface area contributed by atoms with Gasteiger partial charge >= 0.3 is 0 Å². The topological polar surface area (TPSA) is 46.6 Å². The maximum absolute atomic E-state index is 13.7. The molecule has 1 unspecified atom stereocenters. The van der Waals surface area contributed by atoms with Gasteiger partial charge in [0.15, 0.2) is 0 Å². The molecule has 0 spiro atoms. The molecule has 29 heavy (non-hydrogen) atoms. The SMILES string of the molecule is COC1C/C(=C\c2ccccc2)N(S(=O)(=O)c2ccc(C)cc2)c2ccccc21. The number of aryl methyl sites for hydroxylation is 1. The number of hydrogen-bond acceptors (Lipinski definition) is 3. The number of ether oxygens (including phenoxy) is 1. The molecule has 0 radical (unpaired) electrons. The van der Waals surface area contributed by atoms with Crippen molar-refractivity contribution in [3.63, 3.8) is 0 Å². The molecule has 1 heterocycles. The molecule has 0 amide bonds. The Morgan fingerprint density at radius 2 is 1.59 bits per heavy atom. The van der Waals surface area contributed by atoms with Gasteiger partial charge in [0.25, 0.3) is 10.0 Å². The predicted molar refractivity (Wildman–Crippen MR) is 116 cm³/mol. The van der Waals surface area contributed by atoms with E-state index in [0.717, 1.165) is 16.7 Å². The molecule has 3 aromatic rings. The maximum Gasteiger partial charge on any atom is 0.268 e. The van der Waals surface area contributed by atoms with E-state index in [4.69, 9.17) is 4.74 Å². The smallest absolute Gasteiger partial charge is 0.268 e. The Hall–Kier alpha value is -2.89. The lowest BCUT2D eigenvalue weighted by atomic mass is 9.97. The fourth-order valence-corrected chi connectivity index (χ4v) is 5.20. The van der Waals surface area contributed by atoms with E-state index in [2.05, 4.69) is 0 Å². The Morgan fingerprint density at radius 3 is 2.28 bits per heavy atom. The molecule has 0 saturated heterocycles. The van der Waals surface area contributed by atoms with Crippen LogP contribution in [0.1, 0.15) is 29.2 Å². The number of fused-ring (bicyclic) bond motifs is 1. The Balaban J connectivity index is 1.92. The van der Waals surface area contributed by atoms with Crippen molar-refractivity contribution in [3.05, 3.63) is 101 Å². The summed E-state index contributed by atoms with van der Waals surface area (Å²) in [6.45, 7) is 1.94. The molecule has 1 aliphatic rings. The van der Waals surface area contributed by atoms with Gasteiger partial charge < -0.3 is 4.74 Å². The van der Waals surface area contributed by atoms with Crippen molar-refractivity contribution in [3.8, 4) is 0 Å². The summed E-state index contributed by atoms with van der Waals surface area (Å²) in [4.78, 5) is 0.271. The molecular weight excluding hydrogens is 382 g/mol. The summed E-state index contributed by atoms with van der Waals surface area (Å²) in [5, 5.41) is 0. The van der Waals surface area contributed by atoms with E-state index in [9.17, 15) is 8.42 Å². The molecular formula is C24H23NO3S. The number of para-hydroxylation sites is 1. The lowest BCUT2D eigenvalue weighted by Crippen LogP contribution is -2.35. The minimum Gasteiger partial charge on any atom is -0.376 e. The highest BCUT2D eigenvalue weighted by Crippen LogP contribution is 2.44. The molecule has 4 rings (SSSR count). The fraction of sp³-hybridized carbons (Fsp3) is 0.167. The molecule has 4 nitrogen and oxygen atoms in total. The second-order valence-corrected chi connectivity index (χ2v) is 8.90. The van der Waals surface area contributed by atoms with Gasteiger partial charge in [0.05, 0.1) is 16.7 Å². The van der Waals surface area contributed by atoms with Gasteiger partial charge in [-0.05, 0) is 36.8 Å². The Morgan fingerprint density at radius 1 is 0.931 bits per heavy atom. The summed E-state index contributed by atoms with van der Waals surface area (Å²) in [6, 6.07) is 24.3. The van der Waals surface area contributed by atoms with Gasteiger partial charge in [-0.2, -0.15) is 0 Å². The van der Waals surface area contributed by atoms with Crippen molar-refractivity contribution in [2.24, 2.45) is 0 Å². The van der Waals surface area contributed by atoms with Crippen molar-refractivity contribution in [2.45, 2.75) is 24.3 Å².